The molecule has 2 amide bonds. The van der Waals surface area contributed by atoms with Gasteiger partial charge in [-0.3, -0.25) is 14.4 Å². The lowest BCUT2D eigenvalue weighted by Gasteiger charge is -2.23. The number of ketones is 1. The summed E-state index contributed by atoms with van der Waals surface area (Å²) in [4.78, 5) is 38.6. The summed E-state index contributed by atoms with van der Waals surface area (Å²) >= 11 is 0. The Morgan fingerprint density at radius 2 is 1.89 bits per heavy atom. The second kappa shape index (κ2) is 11.6. The molecule has 1 aromatic carbocycles. The topological polar surface area (TPSA) is 140 Å². The van der Waals surface area contributed by atoms with E-state index < -0.39 is 57.1 Å². The van der Waals surface area contributed by atoms with Gasteiger partial charge in [-0.25, -0.2) is 12.8 Å². The maximum absolute atomic E-state index is 13.2. The standard InChI is InChI=1S/C24H29FN4O6S/c1-16(2)14-20(27-23(31)17-8-10-18(25)11-9-17)24(32)26-19-6-5-12-28(15-21(19)30)36(34,35)22-7-3-4-13-29(22)33/h3-4,7-11,13,16,19-20H,5-6,12,14-15H2,1-2H3,(H,26,32)(H,27,31)/t19-,20?/m1/s1. The molecule has 2 atom stereocenters. The summed E-state index contributed by atoms with van der Waals surface area (Å²) in [6, 6.07) is 6.95. The van der Waals surface area contributed by atoms with Crippen molar-refractivity contribution in [3.63, 3.8) is 0 Å². The third-order valence-corrected chi connectivity index (χ3v) is 7.60. The monoisotopic (exact) mass is 520 g/mol. The highest BCUT2D eigenvalue weighted by Crippen LogP contribution is 2.18. The largest absolute Gasteiger partial charge is 0.618 e. The van der Waals surface area contributed by atoms with Crippen molar-refractivity contribution in [2.75, 3.05) is 13.1 Å². The zero-order valence-electron chi connectivity index (χ0n) is 20.0. The lowest BCUT2D eigenvalue weighted by Crippen LogP contribution is -2.52. The summed E-state index contributed by atoms with van der Waals surface area (Å²) in [5.74, 6) is -2.12. The first-order valence-corrected chi connectivity index (χ1v) is 13.0. The Morgan fingerprint density at radius 3 is 2.53 bits per heavy atom. The molecule has 36 heavy (non-hydrogen) atoms. The van der Waals surface area contributed by atoms with Crippen LogP contribution in [-0.4, -0.2) is 55.5 Å². The zero-order chi connectivity index (χ0) is 26.5. The smallest absolute Gasteiger partial charge is 0.323 e. The maximum atomic E-state index is 13.2. The molecule has 0 saturated carbocycles. The fraction of sp³-hybridized carbons (Fsp3) is 0.417. The average molecular weight is 521 g/mol. The van der Waals surface area contributed by atoms with Crippen molar-refractivity contribution in [2.45, 2.75) is 50.2 Å². The van der Waals surface area contributed by atoms with E-state index in [1.165, 1.54) is 24.3 Å². The predicted octanol–water partition coefficient (Wildman–Crippen LogP) is 1.14. The van der Waals surface area contributed by atoms with Crippen LogP contribution in [0.2, 0.25) is 0 Å². The lowest BCUT2D eigenvalue weighted by atomic mass is 10.0. The van der Waals surface area contributed by atoms with Crippen molar-refractivity contribution in [1.29, 1.82) is 0 Å². The van der Waals surface area contributed by atoms with Gasteiger partial charge in [0.15, 0.2) is 12.0 Å². The molecule has 0 aliphatic carbocycles. The van der Waals surface area contributed by atoms with Crippen LogP contribution in [0.25, 0.3) is 0 Å². The Balaban J connectivity index is 1.70. The highest BCUT2D eigenvalue weighted by Gasteiger charge is 2.37. The summed E-state index contributed by atoms with van der Waals surface area (Å²) in [5, 5.41) is 16.8. The van der Waals surface area contributed by atoms with Gasteiger partial charge >= 0.3 is 15.0 Å². The summed E-state index contributed by atoms with van der Waals surface area (Å²) in [7, 11) is -4.22. The Kier molecular flexibility index (Phi) is 8.75. The van der Waals surface area contributed by atoms with E-state index in [1.807, 2.05) is 13.8 Å². The minimum atomic E-state index is -4.22. The number of aromatic nitrogens is 1. The minimum Gasteiger partial charge on any atom is -0.618 e. The molecular formula is C24H29FN4O6S. The van der Waals surface area contributed by atoms with Gasteiger partial charge in [0.05, 0.1) is 12.6 Å². The van der Waals surface area contributed by atoms with Crippen molar-refractivity contribution in [1.82, 2.24) is 14.9 Å². The summed E-state index contributed by atoms with van der Waals surface area (Å²) in [6.07, 6.45) is 1.82. The van der Waals surface area contributed by atoms with Gasteiger partial charge in [0.2, 0.25) is 5.91 Å². The van der Waals surface area contributed by atoms with Crippen molar-refractivity contribution >= 4 is 27.6 Å². The molecule has 194 valence electrons. The van der Waals surface area contributed by atoms with E-state index in [-0.39, 0.29) is 42.0 Å². The van der Waals surface area contributed by atoms with Gasteiger partial charge in [-0.2, -0.15) is 9.04 Å². The van der Waals surface area contributed by atoms with Gasteiger partial charge in [0, 0.05) is 24.2 Å². The van der Waals surface area contributed by atoms with Crippen LogP contribution in [0.5, 0.6) is 0 Å². The SMILES string of the molecule is CC(C)CC(NC(=O)c1ccc(F)cc1)C(=O)N[C@@H]1CCCN(S(=O)(=O)c2cccc[n+]2[O-])CC1=O. The van der Waals surface area contributed by atoms with Gasteiger partial charge in [-0.1, -0.05) is 13.8 Å². The number of Topliss-reactive ketones (excluding diaryl/α,β-unsaturated/α-hetero) is 1. The summed E-state index contributed by atoms with van der Waals surface area (Å²) in [5.41, 5.74) is 0.181. The first-order chi connectivity index (χ1) is 17.0. The number of nitrogens with zero attached hydrogens (tertiary/aromatic N) is 2. The normalized spacial score (nSPS) is 17.9. The number of sulfonamides is 1. The van der Waals surface area contributed by atoms with Crippen LogP contribution in [0.4, 0.5) is 4.39 Å². The molecule has 0 bridgehead atoms. The number of benzene rings is 1. The third kappa shape index (κ3) is 6.64. The number of nitrogens with one attached hydrogen (secondary N) is 2. The van der Waals surface area contributed by atoms with Crippen molar-refractivity contribution < 1.29 is 31.9 Å². The number of hydrogen-bond donors (Lipinski definition) is 2. The van der Waals surface area contributed by atoms with E-state index in [0.29, 0.717) is 0 Å². The lowest BCUT2D eigenvalue weighted by molar-refractivity contribution is -0.646. The Bertz CT molecular complexity index is 1220. The highest BCUT2D eigenvalue weighted by atomic mass is 32.2. The Morgan fingerprint density at radius 1 is 1.19 bits per heavy atom. The number of amides is 2. The fourth-order valence-electron chi connectivity index (χ4n) is 3.92. The molecule has 0 radical (unpaired) electrons. The zero-order valence-corrected chi connectivity index (χ0v) is 20.8. The molecule has 1 aliphatic heterocycles. The first-order valence-electron chi connectivity index (χ1n) is 11.6. The second-order valence-electron chi connectivity index (χ2n) is 9.04. The van der Waals surface area contributed by atoms with Crippen molar-refractivity contribution in [3.05, 3.63) is 65.2 Å². The number of pyridine rings is 1. The second-order valence-corrected chi connectivity index (χ2v) is 10.9. The van der Waals surface area contributed by atoms with Crippen LogP contribution in [-0.2, 0) is 19.6 Å². The average Bonchev–Trinajstić information content (AvgIpc) is 3.00. The fourth-order valence-corrected chi connectivity index (χ4v) is 5.39. The van der Waals surface area contributed by atoms with Gasteiger partial charge in [-0.05, 0) is 55.5 Å². The van der Waals surface area contributed by atoms with E-state index in [1.54, 1.807) is 0 Å². The van der Waals surface area contributed by atoms with Crippen LogP contribution in [0, 0.1) is 16.9 Å². The number of carbonyl (C=O) groups is 3. The molecule has 2 aromatic rings. The van der Waals surface area contributed by atoms with Crippen LogP contribution in [0.3, 0.4) is 0 Å². The third-order valence-electron chi connectivity index (χ3n) is 5.77. The molecule has 0 spiro atoms. The molecule has 2 heterocycles. The minimum absolute atomic E-state index is 0.00602. The molecule has 2 N–H and O–H groups in total. The van der Waals surface area contributed by atoms with Crippen molar-refractivity contribution in [2.24, 2.45) is 5.92 Å². The van der Waals surface area contributed by atoms with E-state index in [4.69, 9.17) is 0 Å². The first kappa shape index (κ1) is 27.2. The molecular weight excluding hydrogens is 491 g/mol. The molecule has 1 fully saturated rings. The maximum Gasteiger partial charge on any atom is 0.323 e. The Labute approximate surface area is 209 Å². The summed E-state index contributed by atoms with van der Waals surface area (Å²) < 4.78 is 40.2. The van der Waals surface area contributed by atoms with E-state index in [2.05, 4.69) is 10.6 Å². The van der Waals surface area contributed by atoms with Gasteiger partial charge in [-0.15, -0.1) is 0 Å². The number of rotatable bonds is 8. The van der Waals surface area contributed by atoms with Gasteiger partial charge in [0.1, 0.15) is 11.9 Å². The predicted molar refractivity (Wildman–Crippen MR) is 127 cm³/mol. The molecule has 12 heteroatoms. The van der Waals surface area contributed by atoms with Crippen LogP contribution in [0.15, 0.2) is 53.7 Å². The molecule has 10 nitrogen and oxygen atoms in total. The molecule has 1 aromatic heterocycles. The van der Waals surface area contributed by atoms with E-state index >= 15 is 0 Å². The number of halogens is 1. The highest BCUT2D eigenvalue weighted by molar-refractivity contribution is 7.89. The molecule has 1 unspecified atom stereocenters. The van der Waals surface area contributed by atoms with E-state index in [0.717, 1.165) is 28.7 Å². The number of carbonyl (C=O) groups excluding carboxylic acids is 3. The van der Waals surface area contributed by atoms with Crippen LogP contribution >= 0.6 is 0 Å². The van der Waals surface area contributed by atoms with Crippen LogP contribution in [0.1, 0.15) is 43.5 Å². The van der Waals surface area contributed by atoms with E-state index in [9.17, 15) is 32.4 Å². The van der Waals surface area contributed by atoms with Crippen LogP contribution < -0.4 is 15.4 Å². The van der Waals surface area contributed by atoms with Crippen molar-refractivity contribution in [3.8, 4) is 0 Å². The van der Waals surface area contributed by atoms with Gasteiger partial charge in [0.25, 0.3) is 5.91 Å². The molecule has 1 saturated heterocycles. The molecule has 3 rings (SSSR count). The number of hydrogen-bond acceptors (Lipinski definition) is 6. The quantitative estimate of drug-likeness (QED) is 0.395. The molecule has 1 aliphatic rings. The summed E-state index contributed by atoms with van der Waals surface area (Å²) in [6.45, 7) is 3.25. The van der Waals surface area contributed by atoms with Gasteiger partial charge < -0.3 is 15.8 Å². The Hall–Kier alpha value is -3.38.